The maximum atomic E-state index is 12.5. The third-order valence-electron chi connectivity index (χ3n) is 3.07. The Kier molecular flexibility index (Phi) is 5.28. The average molecular weight is 335 g/mol. The average Bonchev–Trinajstić information content (AvgIpc) is 2.55. The summed E-state index contributed by atoms with van der Waals surface area (Å²) in [4.78, 5) is 20.2. The van der Waals surface area contributed by atoms with E-state index < -0.39 is 15.7 Å². The van der Waals surface area contributed by atoms with Crippen molar-refractivity contribution in [2.45, 2.75) is 18.2 Å². The van der Waals surface area contributed by atoms with Gasteiger partial charge in [0.05, 0.1) is 29.5 Å². The Balaban J connectivity index is 2.37. The normalized spacial score (nSPS) is 11.0. The van der Waals surface area contributed by atoms with Gasteiger partial charge in [0.2, 0.25) is 0 Å². The Labute approximate surface area is 134 Å². The Morgan fingerprint density at radius 1 is 1.30 bits per heavy atom. The fraction of sp³-hybridized carbons (Fsp3) is 0.267. The SMILES string of the molecule is CCCS(=O)(=O)c1ccccc1C(=O)Nc1ncncc1OC. The van der Waals surface area contributed by atoms with Crippen LogP contribution in [0.1, 0.15) is 23.7 Å². The number of aromatic nitrogens is 2. The van der Waals surface area contributed by atoms with Gasteiger partial charge >= 0.3 is 0 Å². The van der Waals surface area contributed by atoms with Crippen molar-refractivity contribution in [2.75, 3.05) is 18.2 Å². The third kappa shape index (κ3) is 3.84. The smallest absolute Gasteiger partial charge is 0.258 e. The van der Waals surface area contributed by atoms with E-state index in [2.05, 4.69) is 15.3 Å². The number of methoxy groups -OCH3 is 1. The largest absolute Gasteiger partial charge is 0.491 e. The van der Waals surface area contributed by atoms with Crippen molar-refractivity contribution < 1.29 is 17.9 Å². The summed E-state index contributed by atoms with van der Waals surface area (Å²) in [5.41, 5.74) is 0.0709. The summed E-state index contributed by atoms with van der Waals surface area (Å²) in [7, 11) is -2.09. The maximum Gasteiger partial charge on any atom is 0.258 e. The summed E-state index contributed by atoms with van der Waals surface area (Å²) in [5.74, 6) is -0.129. The van der Waals surface area contributed by atoms with Crippen LogP contribution in [0.3, 0.4) is 0 Å². The summed E-state index contributed by atoms with van der Waals surface area (Å²) < 4.78 is 29.7. The molecule has 1 amide bonds. The number of ether oxygens (including phenoxy) is 1. The lowest BCUT2D eigenvalue weighted by Crippen LogP contribution is -2.18. The summed E-state index contributed by atoms with van der Waals surface area (Å²) in [6, 6.07) is 6.09. The first-order chi connectivity index (χ1) is 11.0. The molecule has 0 spiro atoms. The minimum absolute atomic E-state index is 0.00683. The van der Waals surface area contributed by atoms with E-state index in [4.69, 9.17) is 4.74 Å². The first kappa shape index (κ1) is 16.9. The lowest BCUT2D eigenvalue weighted by atomic mass is 10.2. The molecule has 1 heterocycles. The van der Waals surface area contributed by atoms with Crippen molar-refractivity contribution in [3.05, 3.63) is 42.4 Å². The summed E-state index contributed by atoms with van der Waals surface area (Å²) in [6.07, 6.45) is 3.14. The van der Waals surface area contributed by atoms with Crippen molar-refractivity contribution in [3.63, 3.8) is 0 Å². The number of rotatable bonds is 6. The van der Waals surface area contributed by atoms with Gasteiger partial charge in [0, 0.05) is 0 Å². The van der Waals surface area contributed by atoms with E-state index in [1.54, 1.807) is 19.1 Å². The van der Waals surface area contributed by atoms with Gasteiger partial charge in [0.15, 0.2) is 21.4 Å². The number of carbonyl (C=O) groups excluding carboxylic acids is 1. The highest BCUT2D eigenvalue weighted by Crippen LogP contribution is 2.22. The van der Waals surface area contributed by atoms with Crippen molar-refractivity contribution in [1.82, 2.24) is 9.97 Å². The van der Waals surface area contributed by atoms with Gasteiger partial charge in [-0.2, -0.15) is 0 Å². The molecule has 7 nitrogen and oxygen atoms in total. The fourth-order valence-electron chi connectivity index (χ4n) is 2.04. The molecule has 0 saturated heterocycles. The quantitative estimate of drug-likeness (QED) is 0.866. The molecular weight excluding hydrogens is 318 g/mol. The van der Waals surface area contributed by atoms with Gasteiger partial charge in [-0.15, -0.1) is 0 Å². The zero-order valence-electron chi connectivity index (χ0n) is 12.8. The molecular formula is C15H17N3O4S. The molecule has 1 aromatic heterocycles. The molecule has 8 heteroatoms. The van der Waals surface area contributed by atoms with Gasteiger partial charge in [-0.05, 0) is 18.6 Å². The van der Waals surface area contributed by atoms with Gasteiger partial charge in [0.25, 0.3) is 5.91 Å². The van der Waals surface area contributed by atoms with Crippen LogP contribution in [0.25, 0.3) is 0 Å². The first-order valence-corrected chi connectivity index (χ1v) is 8.62. The van der Waals surface area contributed by atoms with Crippen LogP contribution in [-0.2, 0) is 9.84 Å². The van der Waals surface area contributed by atoms with E-state index >= 15 is 0 Å². The summed E-state index contributed by atoms with van der Waals surface area (Å²) >= 11 is 0. The maximum absolute atomic E-state index is 12.5. The van der Waals surface area contributed by atoms with Gasteiger partial charge in [-0.25, -0.2) is 18.4 Å². The predicted molar refractivity (Wildman–Crippen MR) is 85.3 cm³/mol. The van der Waals surface area contributed by atoms with Crippen LogP contribution >= 0.6 is 0 Å². The Hall–Kier alpha value is -2.48. The number of hydrogen-bond donors (Lipinski definition) is 1. The highest BCUT2D eigenvalue weighted by atomic mass is 32.2. The second kappa shape index (κ2) is 7.19. The number of benzene rings is 1. The van der Waals surface area contributed by atoms with Crippen LogP contribution in [0.15, 0.2) is 41.7 Å². The van der Waals surface area contributed by atoms with Crippen LogP contribution < -0.4 is 10.1 Å². The molecule has 0 atom stereocenters. The molecule has 23 heavy (non-hydrogen) atoms. The lowest BCUT2D eigenvalue weighted by Gasteiger charge is -2.11. The third-order valence-corrected chi connectivity index (χ3v) is 5.04. The Morgan fingerprint density at radius 3 is 2.74 bits per heavy atom. The number of amides is 1. The van der Waals surface area contributed by atoms with Crippen molar-refractivity contribution in [1.29, 1.82) is 0 Å². The molecule has 0 aliphatic heterocycles. The Morgan fingerprint density at radius 2 is 2.04 bits per heavy atom. The molecule has 1 aromatic carbocycles. The van der Waals surface area contributed by atoms with Crippen molar-refractivity contribution in [2.24, 2.45) is 0 Å². The van der Waals surface area contributed by atoms with Crippen molar-refractivity contribution in [3.8, 4) is 5.75 Å². The highest BCUT2D eigenvalue weighted by molar-refractivity contribution is 7.91. The lowest BCUT2D eigenvalue weighted by molar-refractivity contribution is 0.102. The molecule has 0 unspecified atom stereocenters. The van der Waals surface area contributed by atoms with Crippen LogP contribution in [0.4, 0.5) is 5.82 Å². The van der Waals surface area contributed by atoms with Crippen LogP contribution in [0.5, 0.6) is 5.75 Å². The van der Waals surface area contributed by atoms with E-state index in [0.29, 0.717) is 6.42 Å². The number of nitrogens with zero attached hydrogens (tertiary/aromatic N) is 2. The molecule has 0 aliphatic rings. The number of anilines is 1. The zero-order valence-corrected chi connectivity index (χ0v) is 13.6. The molecule has 0 aliphatic carbocycles. The highest BCUT2D eigenvalue weighted by Gasteiger charge is 2.22. The van der Waals surface area contributed by atoms with E-state index in [-0.39, 0.29) is 27.8 Å². The predicted octanol–water partition coefficient (Wildman–Crippen LogP) is 1.92. The second-order valence-electron chi connectivity index (χ2n) is 4.71. The standard InChI is InChI=1S/C15H17N3O4S/c1-3-8-23(20,21)13-7-5-4-6-11(13)15(19)18-14-12(22-2)9-16-10-17-14/h4-7,9-10H,3,8H2,1-2H3,(H,16,17,18,19). The number of sulfone groups is 1. The minimum atomic E-state index is -3.52. The number of nitrogens with one attached hydrogen (secondary N) is 1. The van der Waals surface area contributed by atoms with Gasteiger partial charge in [-0.1, -0.05) is 19.1 Å². The molecule has 2 rings (SSSR count). The second-order valence-corrected chi connectivity index (χ2v) is 6.79. The Bertz CT molecular complexity index is 806. The molecule has 0 radical (unpaired) electrons. The molecule has 2 aromatic rings. The molecule has 1 N–H and O–H groups in total. The minimum Gasteiger partial charge on any atom is -0.491 e. The topological polar surface area (TPSA) is 98.2 Å². The molecule has 0 fully saturated rings. The van der Waals surface area contributed by atoms with Crippen LogP contribution in [0, 0.1) is 0 Å². The van der Waals surface area contributed by atoms with E-state index in [0.717, 1.165) is 0 Å². The van der Waals surface area contributed by atoms with E-state index in [9.17, 15) is 13.2 Å². The van der Waals surface area contributed by atoms with Crippen LogP contribution in [0.2, 0.25) is 0 Å². The molecule has 0 saturated carbocycles. The van der Waals surface area contributed by atoms with Gasteiger partial charge < -0.3 is 10.1 Å². The van der Waals surface area contributed by atoms with E-state index in [1.165, 1.54) is 31.8 Å². The summed E-state index contributed by atoms with van der Waals surface area (Å²) in [5, 5.41) is 2.55. The number of carbonyl (C=O) groups is 1. The fourth-order valence-corrected chi connectivity index (χ4v) is 3.58. The first-order valence-electron chi connectivity index (χ1n) is 6.96. The van der Waals surface area contributed by atoms with Crippen molar-refractivity contribution >= 4 is 21.6 Å². The number of hydrogen-bond acceptors (Lipinski definition) is 6. The van der Waals surface area contributed by atoms with Crippen LogP contribution in [-0.4, -0.2) is 37.2 Å². The summed E-state index contributed by atoms with van der Waals surface area (Å²) in [6.45, 7) is 1.77. The van der Waals surface area contributed by atoms with E-state index in [1.807, 2.05) is 0 Å². The van der Waals surface area contributed by atoms with Gasteiger partial charge in [-0.3, -0.25) is 4.79 Å². The monoisotopic (exact) mass is 335 g/mol. The molecule has 0 bridgehead atoms. The van der Waals surface area contributed by atoms with Gasteiger partial charge in [0.1, 0.15) is 6.33 Å². The molecule has 122 valence electrons. The zero-order chi connectivity index (χ0) is 16.9.